The Balaban J connectivity index is 1.72. The number of hydrogen-bond donors (Lipinski definition) is 1. The van der Waals surface area contributed by atoms with Gasteiger partial charge in [-0.2, -0.15) is 0 Å². The molecule has 0 radical (unpaired) electrons. The summed E-state index contributed by atoms with van der Waals surface area (Å²) in [5.74, 6) is 1.13. The predicted molar refractivity (Wildman–Crippen MR) is 104 cm³/mol. The maximum atomic E-state index is 12.8. The third-order valence-corrected chi connectivity index (χ3v) is 5.30. The maximum absolute atomic E-state index is 12.8. The van der Waals surface area contributed by atoms with Gasteiger partial charge >= 0.3 is 0 Å². The van der Waals surface area contributed by atoms with Gasteiger partial charge in [0.15, 0.2) is 0 Å². The van der Waals surface area contributed by atoms with Crippen LogP contribution in [0.2, 0.25) is 0 Å². The van der Waals surface area contributed by atoms with Gasteiger partial charge in [0.25, 0.3) is 0 Å². The SMILES string of the molecule is CC[C@H](C(=O)NCc1cc(C2CC2)cnc1OC)c1ccc(C)c(C)c1. The molecule has 1 aromatic carbocycles. The van der Waals surface area contributed by atoms with Crippen molar-refractivity contribution in [3.05, 3.63) is 58.3 Å². The van der Waals surface area contributed by atoms with E-state index in [2.05, 4.69) is 55.3 Å². The van der Waals surface area contributed by atoms with E-state index in [0.717, 1.165) is 17.5 Å². The van der Waals surface area contributed by atoms with E-state index in [1.807, 2.05) is 6.20 Å². The molecule has 1 N–H and O–H groups in total. The van der Waals surface area contributed by atoms with Gasteiger partial charge in [-0.05, 0) is 67.3 Å². The summed E-state index contributed by atoms with van der Waals surface area (Å²) in [6.45, 7) is 6.67. The summed E-state index contributed by atoms with van der Waals surface area (Å²) < 4.78 is 5.37. The van der Waals surface area contributed by atoms with Crippen molar-refractivity contribution in [1.29, 1.82) is 0 Å². The molecule has 0 spiro atoms. The first-order valence-electron chi connectivity index (χ1n) is 9.41. The number of benzene rings is 1. The molecule has 0 bridgehead atoms. The van der Waals surface area contributed by atoms with Crippen LogP contribution < -0.4 is 10.1 Å². The van der Waals surface area contributed by atoms with E-state index in [9.17, 15) is 4.79 Å². The number of nitrogens with zero attached hydrogens (tertiary/aromatic N) is 1. The lowest BCUT2D eigenvalue weighted by atomic mass is 9.93. The molecule has 0 unspecified atom stereocenters. The number of nitrogens with one attached hydrogen (secondary N) is 1. The molecule has 138 valence electrons. The Labute approximate surface area is 156 Å². The normalized spacial score (nSPS) is 14.8. The number of methoxy groups -OCH3 is 1. The smallest absolute Gasteiger partial charge is 0.227 e. The van der Waals surface area contributed by atoms with Gasteiger partial charge in [-0.25, -0.2) is 4.98 Å². The van der Waals surface area contributed by atoms with Gasteiger partial charge in [0.2, 0.25) is 11.8 Å². The second kappa shape index (κ2) is 7.90. The van der Waals surface area contributed by atoms with Crippen molar-refractivity contribution in [2.24, 2.45) is 0 Å². The van der Waals surface area contributed by atoms with Crippen molar-refractivity contribution >= 4 is 5.91 Å². The van der Waals surface area contributed by atoms with Gasteiger partial charge in [0, 0.05) is 18.3 Å². The van der Waals surface area contributed by atoms with Crippen LogP contribution in [0.3, 0.4) is 0 Å². The molecule has 1 fully saturated rings. The van der Waals surface area contributed by atoms with Crippen LogP contribution >= 0.6 is 0 Å². The number of carbonyl (C=O) groups excluding carboxylic acids is 1. The van der Waals surface area contributed by atoms with E-state index in [-0.39, 0.29) is 11.8 Å². The predicted octanol–water partition coefficient (Wildman–Crippen LogP) is 4.39. The first kappa shape index (κ1) is 18.4. The molecule has 1 saturated carbocycles. The maximum Gasteiger partial charge on any atom is 0.227 e. The molecule has 2 aromatic rings. The Morgan fingerprint density at radius 1 is 1.27 bits per heavy atom. The number of amides is 1. The largest absolute Gasteiger partial charge is 0.481 e. The summed E-state index contributed by atoms with van der Waals surface area (Å²) in [6.07, 6.45) is 5.12. The quantitative estimate of drug-likeness (QED) is 0.804. The van der Waals surface area contributed by atoms with E-state index >= 15 is 0 Å². The summed E-state index contributed by atoms with van der Waals surface area (Å²) in [7, 11) is 1.62. The lowest BCUT2D eigenvalue weighted by Gasteiger charge is -2.17. The Morgan fingerprint density at radius 3 is 2.65 bits per heavy atom. The van der Waals surface area contributed by atoms with E-state index < -0.39 is 0 Å². The van der Waals surface area contributed by atoms with E-state index in [0.29, 0.717) is 18.3 Å². The number of hydrogen-bond acceptors (Lipinski definition) is 3. The molecule has 1 atom stereocenters. The number of rotatable bonds is 7. The van der Waals surface area contributed by atoms with Gasteiger partial charge in [0.05, 0.1) is 13.0 Å². The average Bonchev–Trinajstić information content (AvgIpc) is 3.48. The molecule has 1 aliphatic carbocycles. The fourth-order valence-corrected chi connectivity index (χ4v) is 3.33. The zero-order valence-corrected chi connectivity index (χ0v) is 16.1. The van der Waals surface area contributed by atoms with Gasteiger partial charge < -0.3 is 10.1 Å². The average molecular weight is 352 g/mol. The molecule has 26 heavy (non-hydrogen) atoms. The molecule has 4 heteroatoms. The minimum atomic E-state index is -0.139. The molecule has 1 amide bonds. The van der Waals surface area contributed by atoms with E-state index in [1.165, 1.54) is 29.5 Å². The van der Waals surface area contributed by atoms with Crippen LogP contribution in [0.1, 0.15) is 65.8 Å². The molecule has 1 aromatic heterocycles. The van der Waals surface area contributed by atoms with Crippen LogP contribution in [0, 0.1) is 13.8 Å². The molecule has 0 saturated heterocycles. The van der Waals surface area contributed by atoms with Crippen molar-refractivity contribution in [2.75, 3.05) is 7.11 Å². The summed E-state index contributed by atoms with van der Waals surface area (Å²) in [5.41, 5.74) is 5.73. The minimum Gasteiger partial charge on any atom is -0.481 e. The second-order valence-electron chi connectivity index (χ2n) is 7.23. The minimum absolute atomic E-state index is 0.0506. The zero-order valence-electron chi connectivity index (χ0n) is 16.1. The number of ether oxygens (including phenoxy) is 1. The van der Waals surface area contributed by atoms with Gasteiger partial charge in [-0.1, -0.05) is 25.1 Å². The summed E-state index contributed by atoms with van der Waals surface area (Å²) >= 11 is 0. The van der Waals surface area contributed by atoms with Crippen molar-refractivity contribution < 1.29 is 9.53 Å². The zero-order chi connectivity index (χ0) is 18.7. The molecular formula is C22H28N2O2. The number of carbonyl (C=O) groups is 1. The third kappa shape index (κ3) is 4.06. The highest BCUT2D eigenvalue weighted by atomic mass is 16.5. The first-order chi connectivity index (χ1) is 12.5. The molecule has 3 rings (SSSR count). The van der Waals surface area contributed by atoms with Crippen molar-refractivity contribution in [2.45, 2.75) is 58.4 Å². The number of aryl methyl sites for hydroxylation is 2. The van der Waals surface area contributed by atoms with Gasteiger partial charge in [0.1, 0.15) is 0 Å². The Morgan fingerprint density at radius 2 is 2.04 bits per heavy atom. The highest BCUT2D eigenvalue weighted by Gasteiger charge is 2.25. The highest BCUT2D eigenvalue weighted by molar-refractivity contribution is 5.83. The van der Waals surface area contributed by atoms with Crippen molar-refractivity contribution in [1.82, 2.24) is 10.3 Å². The first-order valence-corrected chi connectivity index (χ1v) is 9.41. The molecular weight excluding hydrogens is 324 g/mol. The van der Waals surface area contributed by atoms with E-state index in [4.69, 9.17) is 4.74 Å². The monoisotopic (exact) mass is 352 g/mol. The second-order valence-corrected chi connectivity index (χ2v) is 7.23. The van der Waals surface area contributed by atoms with E-state index in [1.54, 1.807) is 7.11 Å². The van der Waals surface area contributed by atoms with Crippen LogP contribution in [0.25, 0.3) is 0 Å². The standard InChI is InChI=1S/C22H28N2O2/c1-5-20(17-7-6-14(2)15(3)10-17)21(25)23-13-19-11-18(16-8-9-16)12-24-22(19)26-4/h6-7,10-12,16,20H,5,8-9,13H2,1-4H3,(H,23,25)/t20-/m0/s1. The summed E-state index contributed by atoms with van der Waals surface area (Å²) in [4.78, 5) is 17.2. The lowest BCUT2D eigenvalue weighted by molar-refractivity contribution is -0.122. The Kier molecular flexibility index (Phi) is 5.60. The van der Waals surface area contributed by atoms with Crippen molar-refractivity contribution in [3.8, 4) is 5.88 Å². The van der Waals surface area contributed by atoms with Crippen LogP contribution in [0.5, 0.6) is 5.88 Å². The molecule has 1 heterocycles. The molecule has 1 aliphatic rings. The topological polar surface area (TPSA) is 51.2 Å². The fourth-order valence-electron chi connectivity index (χ4n) is 3.33. The summed E-state index contributed by atoms with van der Waals surface area (Å²) in [6, 6.07) is 8.40. The van der Waals surface area contributed by atoms with Crippen LogP contribution in [-0.4, -0.2) is 18.0 Å². The number of pyridine rings is 1. The fraction of sp³-hybridized carbons (Fsp3) is 0.455. The molecule has 4 nitrogen and oxygen atoms in total. The van der Waals surface area contributed by atoms with Crippen LogP contribution in [0.15, 0.2) is 30.5 Å². The lowest BCUT2D eigenvalue weighted by Crippen LogP contribution is -2.29. The van der Waals surface area contributed by atoms with Crippen LogP contribution in [-0.2, 0) is 11.3 Å². The Bertz CT molecular complexity index is 797. The molecule has 0 aliphatic heterocycles. The van der Waals surface area contributed by atoms with Gasteiger partial charge in [-0.15, -0.1) is 0 Å². The third-order valence-electron chi connectivity index (χ3n) is 5.30. The van der Waals surface area contributed by atoms with Crippen LogP contribution in [0.4, 0.5) is 0 Å². The van der Waals surface area contributed by atoms with Crippen molar-refractivity contribution in [3.63, 3.8) is 0 Å². The Hall–Kier alpha value is -2.36. The highest BCUT2D eigenvalue weighted by Crippen LogP contribution is 2.40. The van der Waals surface area contributed by atoms with Gasteiger partial charge in [-0.3, -0.25) is 4.79 Å². The number of aromatic nitrogens is 1. The summed E-state index contributed by atoms with van der Waals surface area (Å²) in [5, 5.41) is 3.08.